The molecule has 1 aliphatic carbocycles. The third-order valence-corrected chi connectivity index (χ3v) is 7.78. The number of nitrogens with zero attached hydrogens (tertiary/aromatic N) is 1. The van der Waals surface area contributed by atoms with Crippen LogP contribution in [0.2, 0.25) is 0 Å². The van der Waals surface area contributed by atoms with Crippen LogP contribution in [0.4, 0.5) is 31.1 Å². The Morgan fingerprint density at radius 2 is 1.79 bits per heavy atom. The van der Waals surface area contributed by atoms with Gasteiger partial charge in [0.2, 0.25) is 0 Å². The second-order valence-electron chi connectivity index (χ2n) is 10.4. The molecule has 1 fully saturated rings. The quantitative estimate of drug-likeness (QED) is 0.207. The number of amides is 3. The molecule has 0 spiro atoms. The number of aryl methyl sites for hydroxylation is 1. The van der Waals surface area contributed by atoms with Gasteiger partial charge in [0.15, 0.2) is 5.76 Å². The lowest BCUT2D eigenvalue weighted by atomic mass is 9.77. The molecule has 43 heavy (non-hydrogen) atoms. The second-order valence-corrected chi connectivity index (χ2v) is 10.4. The van der Waals surface area contributed by atoms with E-state index in [4.69, 9.17) is 14.2 Å². The normalized spacial score (nSPS) is 22.9. The summed E-state index contributed by atoms with van der Waals surface area (Å²) in [5, 5.41) is 12.6. The van der Waals surface area contributed by atoms with Crippen LogP contribution in [0.1, 0.15) is 44.2 Å². The molecule has 2 atom stereocenters. The van der Waals surface area contributed by atoms with Crippen LogP contribution in [0, 0.1) is 5.92 Å². The van der Waals surface area contributed by atoms with E-state index >= 15 is 0 Å². The summed E-state index contributed by atoms with van der Waals surface area (Å²) in [6.07, 6.45) is -4.28. The molecule has 0 radical (unpaired) electrons. The van der Waals surface area contributed by atoms with Crippen LogP contribution in [0.3, 0.4) is 0 Å². The Labute approximate surface area is 243 Å². The molecule has 0 saturated carbocycles. The number of carbonyl (C=O) groups is 2. The number of benzene rings is 1. The number of hydrogen-bond donors (Lipinski definition) is 2. The molecule has 1 saturated heterocycles. The van der Waals surface area contributed by atoms with Gasteiger partial charge in [0.25, 0.3) is 11.5 Å². The van der Waals surface area contributed by atoms with Crippen LogP contribution >= 0.6 is 0 Å². The minimum absolute atomic E-state index is 0.0358. The summed E-state index contributed by atoms with van der Waals surface area (Å²) in [4.78, 5) is 27.3. The Hall–Kier alpha value is -3.68. The lowest BCUT2D eigenvalue weighted by Gasteiger charge is -2.36. The lowest BCUT2D eigenvalue weighted by molar-refractivity contribution is -0.376. The predicted octanol–water partition coefficient (Wildman–Crippen LogP) is 5.42. The van der Waals surface area contributed by atoms with Crippen molar-refractivity contribution in [2.75, 3.05) is 26.4 Å². The fourth-order valence-corrected chi connectivity index (χ4v) is 5.43. The summed E-state index contributed by atoms with van der Waals surface area (Å²) >= 11 is 0. The average molecular weight is 619 g/mol. The molecule has 2 heterocycles. The van der Waals surface area contributed by atoms with Gasteiger partial charge in [-0.2, -0.15) is 26.3 Å². The Morgan fingerprint density at radius 1 is 1.09 bits per heavy atom. The monoisotopic (exact) mass is 618 g/mol. The van der Waals surface area contributed by atoms with Crippen molar-refractivity contribution in [3.8, 4) is 5.75 Å². The summed E-state index contributed by atoms with van der Waals surface area (Å²) in [6, 6.07) is 1.54. The standard InChI is InChI=1S/C29H32F6N2O6/c1-3-7-18-16-20(27(40,28(30,31)32)29(33,34)35)9-10-21(18)41-13-6-5-12-37-24(38)26(4-2,36-25(37)39)19-8-11-22-23(17-19)43-15-14-42-22/h5-6,8-11,16,19,40H,3-4,7,12-15,17H2,1-2H3,(H,36,39)/b6-5-. The first kappa shape index (κ1) is 32.2. The maximum absolute atomic E-state index is 13.5. The van der Waals surface area contributed by atoms with Gasteiger partial charge in [-0.05, 0) is 42.7 Å². The molecule has 236 valence electrons. The molecule has 2 unspecified atom stereocenters. The summed E-state index contributed by atoms with van der Waals surface area (Å²) in [6.45, 7) is 4.05. The van der Waals surface area contributed by atoms with Gasteiger partial charge in [0.1, 0.15) is 36.9 Å². The van der Waals surface area contributed by atoms with Gasteiger partial charge >= 0.3 is 18.4 Å². The van der Waals surface area contributed by atoms with Crippen LogP contribution in [0.25, 0.3) is 0 Å². The van der Waals surface area contributed by atoms with Crippen molar-refractivity contribution in [1.29, 1.82) is 0 Å². The zero-order valence-electron chi connectivity index (χ0n) is 23.5. The van der Waals surface area contributed by atoms with E-state index in [1.54, 1.807) is 19.9 Å². The fourth-order valence-electron chi connectivity index (χ4n) is 5.43. The molecule has 8 nitrogen and oxygen atoms in total. The molecule has 1 aromatic carbocycles. The highest BCUT2D eigenvalue weighted by molar-refractivity contribution is 6.07. The minimum Gasteiger partial charge on any atom is -0.490 e. The van der Waals surface area contributed by atoms with E-state index in [0.29, 0.717) is 56.1 Å². The SMILES string of the molecule is CCCc1cc(C(O)(C(F)(F)F)C(F)(F)F)ccc1OC/C=C\CN1C(=O)NC(CC)(C2C=CC3=C(C2)OCCO3)C1=O. The Kier molecular flexibility index (Phi) is 9.10. The molecule has 3 aliphatic rings. The number of alkyl halides is 6. The van der Waals surface area contributed by atoms with E-state index in [1.165, 1.54) is 12.2 Å². The maximum atomic E-state index is 13.5. The number of aliphatic hydroxyl groups is 1. The van der Waals surface area contributed by atoms with Crippen LogP contribution in [0.5, 0.6) is 5.75 Å². The number of imide groups is 1. The molecular weight excluding hydrogens is 586 g/mol. The van der Waals surface area contributed by atoms with Crippen LogP contribution < -0.4 is 10.1 Å². The number of ether oxygens (including phenoxy) is 3. The number of halogens is 6. The highest BCUT2D eigenvalue weighted by atomic mass is 19.4. The van der Waals surface area contributed by atoms with Crippen molar-refractivity contribution >= 4 is 11.9 Å². The summed E-state index contributed by atoms with van der Waals surface area (Å²) < 4.78 is 96.8. The molecule has 4 rings (SSSR count). The maximum Gasteiger partial charge on any atom is 0.430 e. The van der Waals surface area contributed by atoms with E-state index in [2.05, 4.69) is 5.32 Å². The number of hydrogen-bond acceptors (Lipinski definition) is 6. The summed E-state index contributed by atoms with van der Waals surface area (Å²) in [5.74, 6) is 0.496. The fraction of sp³-hybridized carbons (Fsp3) is 0.517. The predicted molar refractivity (Wildman–Crippen MR) is 141 cm³/mol. The van der Waals surface area contributed by atoms with E-state index < -0.39 is 41.0 Å². The van der Waals surface area contributed by atoms with Gasteiger partial charge in [-0.15, -0.1) is 0 Å². The molecule has 3 amide bonds. The Balaban J connectivity index is 1.42. The topological polar surface area (TPSA) is 97.3 Å². The molecule has 1 aromatic rings. The smallest absolute Gasteiger partial charge is 0.430 e. The first-order valence-corrected chi connectivity index (χ1v) is 13.8. The van der Waals surface area contributed by atoms with Gasteiger partial charge in [-0.1, -0.05) is 38.5 Å². The number of allylic oxidation sites excluding steroid dienone is 2. The zero-order chi connectivity index (χ0) is 31.6. The molecule has 14 heteroatoms. The van der Waals surface area contributed by atoms with Crippen LogP contribution in [-0.2, 0) is 26.3 Å². The highest BCUT2D eigenvalue weighted by Gasteiger charge is 2.71. The molecule has 2 aliphatic heterocycles. The number of urea groups is 1. The first-order valence-electron chi connectivity index (χ1n) is 13.8. The number of nitrogens with one attached hydrogen (secondary N) is 1. The lowest BCUT2D eigenvalue weighted by Crippen LogP contribution is -2.53. The van der Waals surface area contributed by atoms with Gasteiger partial charge in [-0.3, -0.25) is 9.69 Å². The van der Waals surface area contributed by atoms with E-state index in [-0.39, 0.29) is 36.8 Å². The largest absolute Gasteiger partial charge is 0.490 e. The van der Waals surface area contributed by atoms with Gasteiger partial charge in [0.05, 0.1) is 0 Å². The number of carbonyl (C=O) groups excluding carboxylic acids is 2. The summed E-state index contributed by atoms with van der Waals surface area (Å²) in [7, 11) is 0. The summed E-state index contributed by atoms with van der Waals surface area (Å²) in [5.41, 5.74) is -7.53. The molecule has 2 N–H and O–H groups in total. The van der Waals surface area contributed by atoms with Crippen molar-refractivity contribution in [2.24, 2.45) is 5.92 Å². The molecule has 0 bridgehead atoms. The second kappa shape index (κ2) is 12.1. The van der Waals surface area contributed by atoms with Crippen LogP contribution in [-0.4, -0.2) is 66.2 Å². The molecular formula is C29H32F6N2O6. The highest BCUT2D eigenvalue weighted by Crippen LogP contribution is 2.50. The van der Waals surface area contributed by atoms with Gasteiger partial charge in [0, 0.05) is 24.4 Å². The van der Waals surface area contributed by atoms with E-state index in [9.17, 15) is 41.0 Å². The average Bonchev–Trinajstić information content (AvgIpc) is 3.21. The minimum atomic E-state index is -6.00. The van der Waals surface area contributed by atoms with Crippen molar-refractivity contribution in [1.82, 2.24) is 10.2 Å². The van der Waals surface area contributed by atoms with E-state index in [0.717, 1.165) is 11.0 Å². The van der Waals surface area contributed by atoms with Crippen molar-refractivity contribution in [2.45, 2.75) is 63.0 Å². The van der Waals surface area contributed by atoms with E-state index in [1.807, 2.05) is 6.08 Å². The number of rotatable bonds is 10. The van der Waals surface area contributed by atoms with Gasteiger partial charge in [-0.25, -0.2) is 4.79 Å². The first-order chi connectivity index (χ1) is 20.2. The molecule has 0 aromatic heterocycles. The van der Waals surface area contributed by atoms with Crippen molar-refractivity contribution < 1.29 is 55.2 Å². The van der Waals surface area contributed by atoms with Crippen molar-refractivity contribution in [3.05, 3.63) is 65.1 Å². The van der Waals surface area contributed by atoms with Crippen molar-refractivity contribution in [3.63, 3.8) is 0 Å². The zero-order valence-corrected chi connectivity index (χ0v) is 23.5. The third-order valence-electron chi connectivity index (χ3n) is 7.78. The third kappa shape index (κ3) is 5.93. The van der Waals surface area contributed by atoms with Crippen LogP contribution in [0.15, 0.2) is 54.0 Å². The Bertz CT molecular complexity index is 1310. The van der Waals surface area contributed by atoms with Gasteiger partial charge < -0.3 is 24.6 Å². The Morgan fingerprint density at radius 3 is 2.44 bits per heavy atom.